The standard InChI is InChI=1S/C13H19N3O4S/c1-10-3-5-14-12(15-10)20-11-4-6-19-13(7-11)8-16(9-13)21(2,17)18/h3,5,11H,4,6-9H2,1-2H3/t11-/m1/s1. The van der Waals surface area contributed by atoms with E-state index >= 15 is 0 Å². The average molecular weight is 313 g/mol. The third-order valence-electron chi connectivity index (χ3n) is 3.89. The molecule has 21 heavy (non-hydrogen) atoms. The lowest BCUT2D eigenvalue weighted by Crippen LogP contribution is -2.67. The van der Waals surface area contributed by atoms with Gasteiger partial charge in [0.15, 0.2) is 0 Å². The summed E-state index contributed by atoms with van der Waals surface area (Å²) in [5.74, 6) is 0. The van der Waals surface area contributed by atoms with E-state index in [1.54, 1.807) is 6.20 Å². The Morgan fingerprint density at radius 2 is 2.24 bits per heavy atom. The van der Waals surface area contributed by atoms with Gasteiger partial charge >= 0.3 is 6.01 Å². The minimum absolute atomic E-state index is 0.0396. The molecule has 0 amide bonds. The van der Waals surface area contributed by atoms with Crippen molar-refractivity contribution < 1.29 is 17.9 Å². The maximum absolute atomic E-state index is 11.5. The molecule has 8 heteroatoms. The lowest BCUT2D eigenvalue weighted by atomic mass is 9.86. The minimum atomic E-state index is -3.14. The molecule has 7 nitrogen and oxygen atoms in total. The number of rotatable bonds is 3. The van der Waals surface area contributed by atoms with Crippen LogP contribution in [0, 0.1) is 6.92 Å². The van der Waals surface area contributed by atoms with Crippen molar-refractivity contribution in [3.63, 3.8) is 0 Å². The van der Waals surface area contributed by atoms with Crippen LogP contribution in [0.2, 0.25) is 0 Å². The highest BCUT2D eigenvalue weighted by atomic mass is 32.2. The summed E-state index contributed by atoms with van der Waals surface area (Å²) in [5, 5.41) is 0. The zero-order chi connectivity index (χ0) is 15.1. The fourth-order valence-corrected chi connectivity index (χ4v) is 3.71. The summed E-state index contributed by atoms with van der Waals surface area (Å²) >= 11 is 0. The maximum atomic E-state index is 11.5. The van der Waals surface area contributed by atoms with Crippen LogP contribution in [0.25, 0.3) is 0 Å². The first-order valence-electron chi connectivity index (χ1n) is 6.92. The SMILES string of the molecule is Cc1ccnc(O[C@@H]2CCOC3(C2)CN(S(C)(=O)=O)C3)n1. The highest BCUT2D eigenvalue weighted by Crippen LogP contribution is 2.36. The predicted molar refractivity (Wildman–Crippen MR) is 75.5 cm³/mol. The van der Waals surface area contributed by atoms with E-state index in [4.69, 9.17) is 9.47 Å². The van der Waals surface area contributed by atoms with Gasteiger partial charge in [-0.3, -0.25) is 0 Å². The van der Waals surface area contributed by atoms with Crippen molar-refractivity contribution in [1.82, 2.24) is 14.3 Å². The van der Waals surface area contributed by atoms with E-state index in [0.717, 1.165) is 12.1 Å². The number of nitrogens with zero attached hydrogens (tertiary/aromatic N) is 3. The van der Waals surface area contributed by atoms with Crippen molar-refractivity contribution in [2.75, 3.05) is 26.0 Å². The number of aromatic nitrogens is 2. The number of sulfonamides is 1. The highest BCUT2D eigenvalue weighted by Gasteiger charge is 2.51. The summed E-state index contributed by atoms with van der Waals surface area (Å²) in [5.41, 5.74) is 0.448. The van der Waals surface area contributed by atoms with Crippen molar-refractivity contribution in [2.45, 2.75) is 31.5 Å². The summed E-state index contributed by atoms with van der Waals surface area (Å²) in [7, 11) is -3.14. The van der Waals surface area contributed by atoms with Crippen molar-refractivity contribution >= 4 is 10.0 Å². The summed E-state index contributed by atoms with van der Waals surface area (Å²) in [6, 6.07) is 2.19. The van der Waals surface area contributed by atoms with Gasteiger partial charge in [-0.25, -0.2) is 18.4 Å². The molecule has 0 aliphatic carbocycles. The van der Waals surface area contributed by atoms with Gasteiger partial charge in [0.2, 0.25) is 10.0 Å². The number of hydrogen-bond donors (Lipinski definition) is 0. The van der Waals surface area contributed by atoms with Crippen molar-refractivity contribution in [3.05, 3.63) is 18.0 Å². The Bertz CT molecular complexity index is 628. The van der Waals surface area contributed by atoms with E-state index in [1.807, 2.05) is 13.0 Å². The maximum Gasteiger partial charge on any atom is 0.316 e. The molecule has 0 bridgehead atoms. The number of ether oxygens (including phenoxy) is 2. The largest absolute Gasteiger partial charge is 0.460 e. The van der Waals surface area contributed by atoms with Gasteiger partial charge in [0.25, 0.3) is 0 Å². The van der Waals surface area contributed by atoms with E-state index in [1.165, 1.54) is 10.6 Å². The average Bonchev–Trinajstić information content (AvgIpc) is 2.35. The van der Waals surface area contributed by atoms with E-state index in [0.29, 0.717) is 32.1 Å². The Morgan fingerprint density at radius 3 is 2.90 bits per heavy atom. The fourth-order valence-electron chi connectivity index (χ4n) is 2.77. The molecule has 0 saturated carbocycles. The minimum Gasteiger partial charge on any atom is -0.460 e. The Kier molecular flexibility index (Phi) is 3.62. The van der Waals surface area contributed by atoms with E-state index < -0.39 is 15.6 Å². The molecule has 0 radical (unpaired) electrons. The van der Waals surface area contributed by atoms with Crippen LogP contribution in [0.3, 0.4) is 0 Å². The molecule has 0 aromatic carbocycles. The van der Waals surface area contributed by atoms with Gasteiger partial charge in [0, 0.05) is 37.8 Å². The van der Waals surface area contributed by atoms with Gasteiger partial charge in [-0.15, -0.1) is 0 Å². The van der Waals surface area contributed by atoms with E-state index in [-0.39, 0.29) is 6.10 Å². The molecule has 3 heterocycles. The van der Waals surface area contributed by atoms with Crippen LogP contribution in [-0.2, 0) is 14.8 Å². The molecule has 116 valence electrons. The first kappa shape index (κ1) is 14.7. The summed E-state index contributed by atoms with van der Waals surface area (Å²) in [6.45, 7) is 3.25. The topological polar surface area (TPSA) is 81.6 Å². The first-order chi connectivity index (χ1) is 9.86. The van der Waals surface area contributed by atoms with Crippen LogP contribution in [-0.4, -0.2) is 60.3 Å². The normalized spacial score (nSPS) is 25.5. The van der Waals surface area contributed by atoms with Gasteiger partial charge in [-0.05, 0) is 13.0 Å². The summed E-state index contributed by atoms with van der Waals surface area (Å²) in [4.78, 5) is 8.33. The molecule has 0 N–H and O–H groups in total. The third kappa shape index (κ3) is 3.17. The van der Waals surface area contributed by atoms with Gasteiger partial charge in [0.1, 0.15) is 6.10 Å². The Hall–Kier alpha value is -1.25. The molecular formula is C13H19N3O4S. The first-order valence-corrected chi connectivity index (χ1v) is 8.77. The predicted octanol–water partition coefficient (Wildman–Crippen LogP) is 0.357. The van der Waals surface area contributed by atoms with Gasteiger partial charge in [0.05, 0.1) is 18.5 Å². The zero-order valence-electron chi connectivity index (χ0n) is 12.2. The molecule has 0 unspecified atom stereocenters. The van der Waals surface area contributed by atoms with E-state index in [9.17, 15) is 8.42 Å². The third-order valence-corrected chi connectivity index (χ3v) is 5.09. The molecule has 2 aliphatic heterocycles. The molecule has 2 saturated heterocycles. The van der Waals surface area contributed by atoms with Crippen molar-refractivity contribution in [3.8, 4) is 6.01 Å². The Balaban J connectivity index is 1.62. The quantitative estimate of drug-likeness (QED) is 0.801. The van der Waals surface area contributed by atoms with Gasteiger partial charge in [-0.1, -0.05) is 0 Å². The van der Waals surface area contributed by atoms with Crippen molar-refractivity contribution in [2.24, 2.45) is 0 Å². The second-order valence-electron chi connectivity index (χ2n) is 5.78. The molecule has 1 atom stereocenters. The Morgan fingerprint density at radius 1 is 1.48 bits per heavy atom. The van der Waals surface area contributed by atoms with Crippen LogP contribution in [0.15, 0.2) is 12.3 Å². The lowest BCUT2D eigenvalue weighted by molar-refractivity contribution is -0.165. The van der Waals surface area contributed by atoms with Crippen LogP contribution in [0.1, 0.15) is 18.5 Å². The highest BCUT2D eigenvalue weighted by molar-refractivity contribution is 7.88. The van der Waals surface area contributed by atoms with Crippen molar-refractivity contribution in [1.29, 1.82) is 0 Å². The molecule has 1 aromatic rings. The second-order valence-corrected chi connectivity index (χ2v) is 7.76. The van der Waals surface area contributed by atoms with Gasteiger partial charge < -0.3 is 9.47 Å². The zero-order valence-corrected chi connectivity index (χ0v) is 13.0. The van der Waals surface area contributed by atoms with E-state index in [2.05, 4.69) is 9.97 Å². The summed E-state index contributed by atoms with van der Waals surface area (Å²) < 4.78 is 36.0. The number of hydrogen-bond acceptors (Lipinski definition) is 6. The van der Waals surface area contributed by atoms with Crippen LogP contribution >= 0.6 is 0 Å². The molecule has 1 spiro atoms. The number of aryl methyl sites for hydroxylation is 1. The monoisotopic (exact) mass is 313 g/mol. The smallest absolute Gasteiger partial charge is 0.316 e. The van der Waals surface area contributed by atoms with Crippen LogP contribution < -0.4 is 4.74 Å². The molecule has 1 aromatic heterocycles. The van der Waals surface area contributed by atoms with Gasteiger partial charge in [-0.2, -0.15) is 4.31 Å². The fraction of sp³-hybridized carbons (Fsp3) is 0.692. The van der Waals surface area contributed by atoms with Crippen LogP contribution in [0.4, 0.5) is 0 Å². The molecule has 2 fully saturated rings. The Labute approximate surface area is 124 Å². The van der Waals surface area contributed by atoms with Crippen LogP contribution in [0.5, 0.6) is 6.01 Å². The second kappa shape index (κ2) is 5.19. The molecule has 2 aliphatic rings. The molecule has 3 rings (SSSR count). The molecular weight excluding hydrogens is 294 g/mol. The lowest BCUT2D eigenvalue weighted by Gasteiger charge is -2.51. The summed E-state index contributed by atoms with van der Waals surface area (Å²) in [6.07, 6.45) is 4.27.